The van der Waals surface area contributed by atoms with Crippen LogP contribution in [0, 0.1) is 13.8 Å². The zero-order chi connectivity index (χ0) is 12.0. The lowest BCUT2D eigenvalue weighted by atomic mass is 10.1. The summed E-state index contributed by atoms with van der Waals surface area (Å²) in [6, 6.07) is 0.503. The SMILES string of the molecule is CCCCCCC(NC)c1sc(C)nc1C. The van der Waals surface area contributed by atoms with Gasteiger partial charge in [0.2, 0.25) is 0 Å². The van der Waals surface area contributed by atoms with Crippen LogP contribution >= 0.6 is 11.3 Å². The Bertz CT molecular complexity index is 307. The van der Waals surface area contributed by atoms with Gasteiger partial charge in [0.05, 0.1) is 10.7 Å². The molecule has 1 atom stereocenters. The minimum absolute atomic E-state index is 0.503. The van der Waals surface area contributed by atoms with Crippen molar-refractivity contribution in [2.45, 2.75) is 58.9 Å². The molecule has 1 rings (SSSR count). The van der Waals surface area contributed by atoms with Crippen molar-refractivity contribution in [2.24, 2.45) is 0 Å². The van der Waals surface area contributed by atoms with E-state index in [1.54, 1.807) is 0 Å². The van der Waals surface area contributed by atoms with E-state index < -0.39 is 0 Å². The Balaban J connectivity index is 2.50. The van der Waals surface area contributed by atoms with Gasteiger partial charge in [-0.25, -0.2) is 4.98 Å². The smallest absolute Gasteiger partial charge is 0.0900 e. The van der Waals surface area contributed by atoms with Crippen molar-refractivity contribution in [3.8, 4) is 0 Å². The maximum absolute atomic E-state index is 4.50. The van der Waals surface area contributed by atoms with E-state index in [2.05, 4.69) is 38.1 Å². The molecule has 0 amide bonds. The second kappa shape index (κ2) is 7.02. The van der Waals surface area contributed by atoms with Crippen molar-refractivity contribution in [3.63, 3.8) is 0 Å². The van der Waals surface area contributed by atoms with Crippen molar-refractivity contribution in [1.82, 2.24) is 10.3 Å². The van der Waals surface area contributed by atoms with Crippen LogP contribution < -0.4 is 5.32 Å². The van der Waals surface area contributed by atoms with Crippen LogP contribution in [0.3, 0.4) is 0 Å². The molecule has 0 saturated carbocycles. The van der Waals surface area contributed by atoms with Crippen LogP contribution in [0.5, 0.6) is 0 Å². The Morgan fingerprint density at radius 1 is 1.25 bits per heavy atom. The fourth-order valence-corrected chi connectivity index (χ4v) is 3.12. The summed E-state index contributed by atoms with van der Waals surface area (Å²) < 4.78 is 0. The number of hydrogen-bond donors (Lipinski definition) is 1. The molecule has 0 aliphatic heterocycles. The summed E-state index contributed by atoms with van der Waals surface area (Å²) >= 11 is 1.84. The molecule has 1 N–H and O–H groups in total. The molecule has 1 aromatic heterocycles. The maximum atomic E-state index is 4.50. The highest BCUT2D eigenvalue weighted by Gasteiger charge is 2.14. The van der Waals surface area contributed by atoms with Crippen LogP contribution in [0.4, 0.5) is 0 Å². The van der Waals surface area contributed by atoms with Gasteiger partial charge in [-0.15, -0.1) is 11.3 Å². The Labute approximate surface area is 103 Å². The molecule has 0 fully saturated rings. The Hall–Kier alpha value is -0.410. The molecule has 0 aliphatic rings. The molecule has 0 aliphatic carbocycles. The number of nitrogens with zero attached hydrogens (tertiary/aromatic N) is 1. The van der Waals surface area contributed by atoms with E-state index in [0.717, 1.165) is 0 Å². The summed E-state index contributed by atoms with van der Waals surface area (Å²) in [5.41, 5.74) is 1.21. The quantitative estimate of drug-likeness (QED) is 0.729. The molecule has 3 heteroatoms. The molecule has 0 saturated heterocycles. The average Bonchev–Trinajstić information content (AvgIpc) is 2.58. The number of aromatic nitrogens is 1. The zero-order valence-electron chi connectivity index (χ0n) is 11.0. The number of aryl methyl sites for hydroxylation is 2. The summed E-state index contributed by atoms with van der Waals surface area (Å²) in [6.07, 6.45) is 6.57. The maximum Gasteiger partial charge on any atom is 0.0900 e. The molecule has 16 heavy (non-hydrogen) atoms. The average molecular weight is 240 g/mol. The van der Waals surface area contributed by atoms with Gasteiger partial charge in [-0.1, -0.05) is 32.6 Å². The number of rotatable bonds is 7. The fraction of sp³-hybridized carbons (Fsp3) is 0.769. The predicted octanol–water partition coefficient (Wildman–Crippen LogP) is 3.99. The van der Waals surface area contributed by atoms with Gasteiger partial charge in [0.1, 0.15) is 0 Å². The Morgan fingerprint density at radius 3 is 2.50 bits per heavy atom. The van der Waals surface area contributed by atoms with Gasteiger partial charge in [-0.05, 0) is 27.3 Å². The molecule has 0 aromatic carbocycles. The summed E-state index contributed by atoms with van der Waals surface area (Å²) in [7, 11) is 2.05. The lowest BCUT2D eigenvalue weighted by Crippen LogP contribution is -2.16. The summed E-state index contributed by atoms with van der Waals surface area (Å²) in [6.45, 7) is 6.46. The number of nitrogens with one attached hydrogen (secondary N) is 1. The van der Waals surface area contributed by atoms with Gasteiger partial charge in [0.25, 0.3) is 0 Å². The molecule has 1 heterocycles. The minimum Gasteiger partial charge on any atom is -0.312 e. The lowest BCUT2D eigenvalue weighted by Gasteiger charge is -2.14. The van der Waals surface area contributed by atoms with E-state index in [9.17, 15) is 0 Å². The van der Waals surface area contributed by atoms with Crippen LogP contribution in [-0.2, 0) is 0 Å². The molecule has 1 aromatic rings. The van der Waals surface area contributed by atoms with Gasteiger partial charge >= 0.3 is 0 Å². The van der Waals surface area contributed by atoms with E-state index in [1.807, 2.05) is 11.3 Å². The topological polar surface area (TPSA) is 24.9 Å². The standard InChI is InChI=1S/C13H24N2S/c1-5-6-7-8-9-12(14-4)13-10(2)15-11(3)16-13/h12,14H,5-9H2,1-4H3. The zero-order valence-corrected chi connectivity index (χ0v) is 11.8. The van der Waals surface area contributed by atoms with Crippen molar-refractivity contribution < 1.29 is 0 Å². The summed E-state index contributed by atoms with van der Waals surface area (Å²) in [5.74, 6) is 0. The van der Waals surface area contributed by atoms with Gasteiger partial charge in [0.15, 0.2) is 0 Å². The largest absolute Gasteiger partial charge is 0.312 e. The summed E-state index contributed by atoms with van der Waals surface area (Å²) in [5, 5.41) is 4.60. The molecule has 0 radical (unpaired) electrons. The third-order valence-electron chi connectivity index (χ3n) is 2.95. The molecule has 1 unspecified atom stereocenters. The van der Waals surface area contributed by atoms with Crippen molar-refractivity contribution in [3.05, 3.63) is 15.6 Å². The second-order valence-corrected chi connectivity index (χ2v) is 5.61. The van der Waals surface area contributed by atoms with Crippen molar-refractivity contribution in [1.29, 1.82) is 0 Å². The fourth-order valence-electron chi connectivity index (χ4n) is 2.05. The number of unbranched alkanes of at least 4 members (excludes halogenated alkanes) is 3. The Morgan fingerprint density at radius 2 is 2.00 bits per heavy atom. The summed E-state index contributed by atoms with van der Waals surface area (Å²) in [4.78, 5) is 5.93. The normalized spacial score (nSPS) is 13.0. The van der Waals surface area contributed by atoms with Gasteiger partial charge < -0.3 is 5.32 Å². The first-order valence-corrected chi connectivity index (χ1v) is 7.11. The van der Waals surface area contributed by atoms with Gasteiger partial charge in [-0.2, -0.15) is 0 Å². The highest BCUT2D eigenvalue weighted by molar-refractivity contribution is 7.11. The number of hydrogen-bond acceptors (Lipinski definition) is 3. The van der Waals surface area contributed by atoms with Gasteiger partial charge in [-0.3, -0.25) is 0 Å². The molecule has 0 spiro atoms. The monoisotopic (exact) mass is 240 g/mol. The predicted molar refractivity (Wildman–Crippen MR) is 72.1 cm³/mol. The van der Waals surface area contributed by atoms with Crippen LogP contribution in [-0.4, -0.2) is 12.0 Å². The van der Waals surface area contributed by atoms with E-state index in [4.69, 9.17) is 0 Å². The highest BCUT2D eigenvalue weighted by atomic mass is 32.1. The third kappa shape index (κ3) is 3.87. The third-order valence-corrected chi connectivity index (χ3v) is 4.14. The molecule has 92 valence electrons. The Kier molecular flexibility index (Phi) is 5.99. The van der Waals surface area contributed by atoms with Crippen molar-refractivity contribution in [2.75, 3.05) is 7.05 Å². The lowest BCUT2D eigenvalue weighted by molar-refractivity contribution is 0.509. The molecule has 2 nitrogen and oxygen atoms in total. The first-order chi connectivity index (χ1) is 7.69. The van der Waals surface area contributed by atoms with Crippen LogP contribution in [0.1, 0.15) is 60.6 Å². The van der Waals surface area contributed by atoms with E-state index in [-0.39, 0.29) is 0 Å². The molecular formula is C13H24N2S. The van der Waals surface area contributed by atoms with E-state index in [0.29, 0.717) is 6.04 Å². The number of thiazole rings is 1. The van der Waals surface area contributed by atoms with Crippen LogP contribution in [0.15, 0.2) is 0 Å². The van der Waals surface area contributed by atoms with E-state index in [1.165, 1.54) is 47.7 Å². The van der Waals surface area contributed by atoms with Gasteiger partial charge in [0, 0.05) is 10.9 Å². The second-order valence-electron chi connectivity index (χ2n) is 4.37. The molecular weight excluding hydrogens is 216 g/mol. The van der Waals surface area contributed by atoms with Crippen molar-refractivity contribution >= 4 is 11.3 Å². The van der Waals surface area contributed by atoms with E-state index >= 15 is 0 Å². The van der Waals surface area contributed by atoms with Crippen LogP contribution in [0.2, 0.25) is 0 Å². The minimum atomic E-state index is 0.503. The highest BCUT2D eigenvalue weighted by Crippen LogP contribution is 2.28. The molecule has 0 bridgehead atoms. The first kappa shape index (κ1) is 13.7. The van der Waals surface area contributed by atoms with Crippen LogP contribution in [0.25, 0.3) is 0 Å². The first-order valence-electron chi connectivity index (χ1n) is 6.30.